The lowest BCUT2D eigenvalue weighted by Crippen LogP contribution is -2.53. The summed E-state index contributed by atoms with van der Waals surface area (Å²) in [6.45, 7) is 7.81. The van der Waals surface area contributed by atoms with Crippen LogP contribution >= 0.6 is 15.9 Å². The highest BCUT2D eigenvalue weighted by atomic mass is 79.9. The standard InChI is InChI=1S/C9H15BrNO2/c1-7(2)6-9(5-10,13-6)8(3,4)11(7)12/h6H,5H2,1-4H3. The van der Waals surface area contributed by atoms with Crippen LogP contribution in [0.1, 0.15) is 27.7 Å². The van der Waals surface area contributed by atoms with E-state index in [0.29, 0.717) is 0 Å². The maximum absolute atomic E-state index is 12.0. The van der Waals surface area contributed by atoms with E-state index >= 15 is 0 Å². The van der Waals surface area contributed by atoms with Crippen molar-refractivity contribution < 1.29 is 9.94 Å². The second-order valence-corrected chi connectivity index (χ2v) is 5.59. The molecule has 1 radical (unpaired) electrons. The topological polar surface area (TPSA) is 35.7 Å². The van der Waals surface area contributed by atoms with Crippen molar-refractivity contribution in [1.82, 2.24) is 5.06 Å². The van der Waals surface area contributed by atoms with Crippen molar-refractivity contribution in [2.24, 2.45) is 0 Å². The first-order chi connectivity index (χ1) is 5.80. The van der Waals surface area contributed by atoms with Gasteiger partial charge < -0.3 is 4.74 Å². The Morgan fingerprint density at radius 3 is 2.15 bits per heavy atom. The first-order valence-corrected chi connectivity index (χ1v) is 5.64. The largest absolute Gasteiger partial charge is 0.361 e. The number of epoxide rings is 1. The molecule has 3 nitrogen and oxygen atoms in total. The summed E-state index contributed by atoms with van der Waals surface area (Å²) in [5.74, 6) is 0. The van der Waals surface area contributed by atoms with Gasteiger partial charge in [0.05, 0.1) is 11.1 Å². The van der Waals surface area contributed by atoms with E-state index in [9.17, 15) is 5.21 Å². The van der Waals surface area contributed by atoms with E-state index in [1.54, 1.807) is 0 Å². The molecule has 75 valence electrons. The van der Waals surface area contributed by atoms with Crippen molar-refractivity contribution in [3.05, 3.63) is 0 Å². The molecule has 2 unspecified atom stereocenters. The van der Waals surface area contributed by atoms with Crippen molar-refractivity contribution in [3.8, 4) is 0 Å². The number of halogens is 1. The van der Waals surface area contributed by atoms with E-state index in [-0.39, 0.29) is 11.7 Å². The molecule has 2 aliphatic heterocycles. The van der Waals surface area contributed by atoms with E-state index in [0.717, 1.165) is 5.33 Å². The van der Waals surface area contributed by atoms with E-state index < -0.39 is 11.1 Å². The number of morpholine rings is 1. The Kier molecular flexibility index (Phi) is 1.75. The molecule has 2 saturated heterocycles. The second kappa shape index (κ2) is 2.30. The van der Waals surface area contributed by atoms with Crippen LogP contribution in [-0.4, -0.2) is 33.2 Å². The first kappa shape index (κ1) is 9.90. The highest BCUT2D eigenvalue weighted by Crippen LogP contribution is 2.61. The number of hydrogen-bond acceptors (Lipinski definition) is 2. The van der Waals surface area contributed by atoms with Gasteiger partial charge >= 0.3 is 0 Å². The van der Waals surface area contributed by atoms with E-state index in [1.165, 1.54) is 5.06 Å². The predicted molar refractivity (Wildman–Crippen MR) is 52.1 cm³/mol. The maximum Gasteiger partial charge on any atom is 0.126 e. The van der Waals surface area contributed by atoms with Crippen LogP contribution in [0.5, 0.6) is 0 Å². The Labute approximate surface area is 87.1 Å². The van der Waals surface area contributed by atoms with Gasteiger partial charge in [-0.2, -0.15) is 0 Å². The van der Waals surface area contributed by atoms with Crippen LogP contribution in [0, 0.1) is 0 Å². The van der Waals surface area contributed by atoms with Crippen LogP contribution in [0.2, 0.25) is 0 Å². The van der Waals surface area contributed by atoms with Crippen molar-refractivity contribution in [1.29, 1.82) is 0 Å². The van der Waals surface area contributed by atoms with E-state index in [4.69, 9.17) is 4.74 Å². The fraction of sp³-hybridized carbons (Fsp3) is 1.00. The summed E-state index contributed by atoms with van der Waals surface area (Å²) in [5, 5.41) is 13.9. The van der Waals surface area contributed by atoms with Crippen molar-refractivity contribution in [2.45, 2.75) is 50.5 Å². The van der Waals surface area contributed by atoms with Gasteiger partial charge in [-0.25, -0.2) is 0 Å². The molecule has 2 heterocycles. The molecule has 2 fully saturated rings. The number of hydroxylamine groups is 2. The summed E-state index contributed by atoms with van der Waals surface area (Å²) in [5.41, 5.74) is -1.08. The van der Waals surface area contributed by atoms with Gasteiger partial charge in [0.15, 0.2) is 0 Å². The third-order valence-electron chi connectivity index (χ3n) is 3.60. The Bertz CT molecular complexity index is 254. The summed E-state index contributed by atoms with van der Waals surface area (Å²) in [6.07, 6.45) is 0.0758. The Hall–Kier alpha value is 0.360. The highest BCUT2D eigenvalue weighted by Gasteiger charge is 2.79. The maximum atomic E-state index is 12.0. The Morgan fingerprint density at radius 2 is 1.92 bits per heavy atom. The predicted octanol–water partition coefficient (Wildman–Crippen LogP) is 1.74. The van der Waals surface area contributed by atoms with Crippen molar-refractivity contribution in [3.63, 3.8) is 0 Å². The number of fused-ring (bicyclic) bond motifs is 1. The van der Waals surface area contributed by atoms with Gasteiger partial charge in [0, 0.05) is 5.33 Å². The van der Waals surface area contributed by atoms with Gasteiger partial charge in [-0.3, -0.25) is 0 Å². The molecule has 2 rings (SSSR count). The van der Waals surface area contributed by atoms with Gasteiger partial charge in [-0.05, 0) is 27.7 Å². The van der Waals surface area contributed by atoms with Crippen LogP contribution in [0.4, 0.5) is 0 Å². The summed E-state index contributed by atoms with van der Waals surface area (Å²) in [6, 6.07) is 0. The van der Waals surface area contributed by atoms with Gasteiger partial charge in [0.2, 0.25) is 0 Å². The molecule has 0 saturated carbocycles. The zero-order valence-corrected chi connectivity index (χ0v) is 10.0. The molecular formula is C9H15BrNO2. The molecule has 2 aliphatic rings. The molecule has 0 amide bonds. The molecule has 13 heavy (non-hydrogen) atoms. The lowest BCUT2D eigenvalue weighted by atomic mass is 9.88. The normalized spacial score (nSPS) is 46.2. The molecule has 0 bridgehead atoms. The average Bonchev–Trinajstić information content (AvgIpc) is 2.75. The molecule has 0 N–H and O–H groups in total. The zero-order chi connectivity index (χ0) is 10.1. The molecule has 0 aromatic heterocycles. The molecule has 2 atom stereocenters. The minimum atomic E-state index is -0.426. The van der Waals surface area contributed by atoms with Crippen LogP contribution in [0.25, 0.3) is 0 Å². The third-order valence-corrected chi connectivity index (χ3v) is 4.43. The SMILES string of the molecule is CC1(C)C2OC2(CBr)C(C)(C)N1[O]. The van der Waals surface area contributed by atoms with Gasteiger partial charge in [0.1, 0.15) is 11.7 Å². The minimum Gasteiger partial charge on any atom is -0.361 e. The number of ether oxygens (including phenoxy) is 1. The van der Waals surface area contributed by atoms with Gasteiger partial charge in [0.25, 0.3) is 0 Å². The van der Waals surface area contributed by atoms with Crippen molar-refractivity contribution >= 4 is 15.9 Å². The molecular weight excluding hydrogens is 234 g/mol. The average molecular weight is 249 g/mol. The lowest BCUT2D eigenvalue weighted by molar-refractivity contribution is -0.275. The quantitative estimate of drug-likeness (QED) is 0.524. The van der Waals surface area contributed by atoms with Gasteiger partial charge in [-0.1, -0.05) is 15.9 Å². The summed E-state index contributed by atoms with van der Waals surface area (Å²) >= 11 is 3.44. The Balaban J connectivity index is 2.41. The smallest absolute Gasteiger partial charge is 0.126 e. The Morgan fingerprint density at radius 1 is 1.38 bits per heavy atom. The monoisotopic (exact) mass is 248 g/mol. The number of nitrogens with zero attached hydrogens (tertiary/aromatic N) is 1. The molecule has 0 spiro atoms. The van der Waals surface area contributed by atoms with Gasteiger partial charge in [-0.15, -0.1) is 10.3 Å². The first-order valence-electron chi connectivity index (χ1n) is 4.52. The number of alkyl halides is 1. The molecule has 0 aromatic carbocycles. The highest BCUT2D eigenvalue weighted by molar-refractivity contribution is 9.09. The van der Waals surface area contributed by atoms with Crippen LogP contribution < -0.4 is 0 Å². The number of hydrogen-bond donors (Lipinski definition) is 0. The van der Waals surface area contributed by atoms with Crippen LogP contribution in [0.3, 0.4) is 0 Å². The van der Waals surface area contributed by atoms with Crippen molar-refractivity contribution in [2.75, 3.05) is 5.33 Å². The third kappa shape index (κ3) is 0.856. The van der Waals surface area contributed by atoms with Crippen LogP contribution in [0.15, 0.2) is 0 Å². The number of rotatable bonds is 1. The fourth-order valence-corrected chi connectivity index (χ4v) is 3.73. The van der Waals surface area contributed by atoms with E-state index in [2.05, 4.69) is 15.9 Å². The molecule has 0 aliphatic carbocycles. The summed E-state index contributed by atoms with van der Waals surface area (Å²) in [4.78, 5) is 0. The second-order valence-electron chi connectivity index (χ2n) is 5.03. The zero-order valence-electron chi connectivity index (χ0n) is 8.43. The minimum absolute atomic E-state index is 0.0758. The summed E-state index contributed by atoms with van der Waals surface area (Å²) in [7, 11) is 0. The summed E-state index contributed by atoms with van der Waals surface area (Å²) < 4.78 is 5.70. The molecule has 0 aromatic rings. The molecule has 4 heteroatoms. The van der Waals surface area contributed by atoms with Crippen LogP contribution in [-0.2, 0) is 9.94 Å². The van der Waals surface area contributed by atoms with E-state index in [1.807, 2.05) is 27.7 Å². The fourth-order valence-electron chi connectivity index (χ4n) is 2.62. The lowest BCUT2D eigenvalue weighted by Gasteiger charge is -2.37.